The lowest BCUT2D eigenvalue weighted by Crippen LogP contribution is -2.07. The Labute approximate surface area is 137 Å². The van der Waals surface area contributed by atoms with Crippen LogP contribution in [0.3, 0.4) is 0 Å². The van der Waals surface area contributed by atoms with E-state index in [4.69, 9.17) is 0 Å². The minimum atomic E-state index is -0.449. The molecule has 0 bridgehead atoms. The maximum atomic E-state index is 13.2. The third-order valence-electron chi connectivity index (χ3n) is 2.98. The first-order chi connectivity index (χ1) is 9.88. The lowest BCUT2D eigenvalue weighted by Gasteiger charge is -2.17. The van der Waals surface area contributed by atoms with E-state index in [0.29, 0.717) is 8.95 Å². The van der Waals surface area contributed by atoms with E-state index < -0.39 is 4.92 Å². The second-order valence-electron chi connectivity index (χ2n) is 4.46. The zero-order valence-corrected chi connectivity index (χ0v) is 14.1. The molecule has 0 fully saturated rings. The quantitative estimate of drug-likeness (QED) is 0.532. The zero-order chi connectivity index (χ0) is 15.6. The van der Waals surface area contributed by atoms with E-state index in [9.17, 15) is 14.5 Å². The van der Waals surface area contributed by atoms with E-state index >= 15 is 0 Å². The maximum absolute atomic E-state index is 13.2. The van der Waals surface area contributed by atoms with Gasteiger partial charge in [0.25, 0.3) is 5.69 Å². The Hall–Kier alpha value is -1.47. The van der Waals surface area contributed by atoms with Crippen LogP contribution in [0.5, 0.6) is 0 Å². The van der Waals surface area contributed by atoms with Crippen LogP contribution in [0.4, 0.5) is 15.8 Å². The van der Waals surface area contributed by atoms with E-state index in [2.05, 4.69) is 37.2 Å². The zero-order valence-electron chi connectivity index (χ0n) is 10.9. The highest BCUT2D eigenvalue weighted by molar-refractivity contribution is 9.10. The lowest BCUT2D eigenvalue weighted by molar-refractivity contribution is -0.384. The first-order valence-corrected chi connectivity index (χ1v) is 7.62. The lowest BCUT2D eigenvalue weighted by atomic mass is 10.1. The summed E-state index contributed by atoms with van der Waals surface area (Å²) in [6.07, 6.45) is 0. The molecule has 0 spiro atoms. The van der Waals surface area contributed by atoms with Crippen molar-refractivity contribution in [1.29, 1.82) is 0 Å². The molecule has 0 amide bonds. The number of non-ortho nitro benzene ring substituents is 1. The van der Waals surface area contributed by atoms with Crippen molar-refractivity contribution in [2.24, 2.45) is 0 Å². The number of halogens is 3. The fraction of sp³-hybridized carbons (Fsp3) is 0.143. The maximum Gasteiger partial charge on any atom is 0.270 e. The molecular formula is C14H11Br2FN2O2. The molecule has 110 valence electrons. The van der Waals surface area contributed by atoms with Crippen LogP contribution >= 0.6 is 31.9 Å². The molecule has 2 aromatic carbocycles. The van der Waals surface area contributed by atoms with Gasteiger partial charge in [-0.3, -0.25) is 10.1 Å². The number of hydrogen-bond acceptors (Lipinski definition) is 3. The second-order valence-corrected chi connectivity index (χ2v) is 6.17. The van der Waals surface area contributed by atoms with Crippen LogP contribution in [-0.4, -0.2) is 4.92 Å². The number of hydrogen-bond donors (Lipinski definition) is 1. The van der Waals surface area contributed by atoms with Crippen LogP contribution in [0, 0.1) is 15.9 Å². The van der Waals surface area contributed by atoms with Crippen molar-refractivity contribution in [3.05, 3.63) is 66.8 Å². The van der Waals surface area contributed by atoms with Gasteiger partial charge >= 0.3 is 0 Å². The Balaban J connectivity index is 2.21. The average molecular weight is 418 g/mol. The molecule has 1 unspecified atom stereocenters. The first kappa shape index (κ1) is 15.9. The standard InChI is InChI=1S/C14H11Br2FN2O2/c1-8(9-2-4-13(17)11(15)6-9)18-14-5-3-10(19(20)21)7-12(14)16/h2-8,18H,1H3. The molecule has 0 saturated carbocycles. The van der Waals surface area contributed by atoms with Gasteiger partial charge in [-0.15, -0.1) is 0 Å². The molecular weight excluding hydrogens is 407 g/mol. The van der Waals surface area contributed by atoms with Gasteiger partial charge in [0, 0.05) is 28.3 Å². The highest BCUT2D eigenvalue weighted by Crippen LogP contribution is 2.30. The number of nitro benzene ring substituents is 1. The summed E-state index contributed by atoms with van der Waals surface area (Å²) in [6, 6.07) is 9.21. The Kier molecular flexibility index (Phi) is 4.95. The predicted octanol–water partition coefficient (Wildman–Crippen LogP) is 5.43. The van der Waals surface area contributed by atoms with E-state index in [1.165, 1.54) is 18.2 Å². The molecule has 2 aromatic rings. The van der Waals surface area contributed by atoms with Crippen LogP contribution in [0.2, 0.25) is 0 Å². The molecule has 1 atom stereocenters. The third kappa shape index (κ3) is 3.79. The number of nitrogens with zero attached hydrogens (tertiary/aromatic N) is 1. The van der Waals surface area contributed by atoms with Gasteiger partial charge in [-0.2, -0.15) is 0 Å². The topological polar surface area (TPSA) is 55.2 Å². The summed E-state index contributed by atoms with van der Waals surface area (Å²) in [7, 11) is 0. The van der Waals surface area contributed by atoms with E-state index in [0.717, 1.165) is 11.3 Å². The van der Waals surface area contributed by atoms with Crippen molar-refractivity contribution < 1.29 is 9.31 Å². The smallest absolute Gasteiger partial charge is 0.270 e. The van der Waals surface area contributed by atoms with Gasteiger partial charge in [-0.25, -0.2) is 4.39 Å². The summed E-state index contributed by atoms with van der Waals surface area (Å²) in [5, 5.41) is 13.9. The highest BCUT2D eigenvalue weighted by atomic mass is 79.9. The minimum absolute atomic E-state index is 0.0182. The van der Waals surface area contributed by atoms with Crippen molar-refractivity contribution in [2.75, 3.05) is 5.32 Å². The Morgan fingerprint density at radius 2 is 1.90 bits per heavy atom. The molecule has 7 heteroatoms. The summed E-state index contributed by atoms with van der Waals surface area (Å²) in [5.74, 6) is -0.317. The SMILES string of the molecule is CC(Nc1ccc([N+](=O)[O-])cc1Br)c1ccc(F)c(Br)c1. The molecule has 0 aliphatic rings. The fourth-order valence-electron chi connectivity index (χ4n) is 1.83. The van der Waals surface area contributed by atoms with Gasteiger partial charge in [0.05, 0.1) is 9.40 Å². The fourth-order valence-corrected chi connectivity index (χ4v) is 2.71. The molecule has 21 heavy (non-hydrogen) atoms. The van der Waals surface area contributed by atoms with Gasteiger partial charge in [-0.05, 0) is 62.5 Å². The van der Waals surface area contributed by atoms with Crippen LogP contribution in [0.15, 0.2) is 45.3 Å². The van der Waals surface area contributed by atoms with Gasteiger partial charge in [0.15, 0.2) is 0 Å². The molecule has 0 aliphatic carbocycles. The van der Waals surface area contributed by atoms with Gasteiger partial charge in [0.1, 0.15) is 5.82 Å². The monoisotopic (exact) mass is 416 g/mol. The van der Waals surface area contributed by atoms with Crippen molar-refractivity contribution in [3.63, 3.8) is 0 Å². The van der Waals surface area contributed by atoms with Crippen LogP contribution in [-0.2, 0) is 0 Å². The molecule has 1 N–H and O–H groups in total. The van der Waals surface area contributed by atoms with Crippen molar-refractivity contribution in [1.82, 2.24) is 0 Å². The van der Waals surface area contributed by atoms with Crippen LogP contribution in [0.25, 0.3) is 0 Å². The minimum Gasteiger partial charge on any atom is -0.378 e. The molecule has 0 saturated heterocycles. The highest BCUT2D eigenvalue weighted by Gasteiger charge is 2.12. The molecule has 0 aromatic heterocycles. The Morgan fingerprint density at radius 1 is 1.19 bits per heavy atom. The Morgan fingerprint density at radius 3 is 2.48 bits per heavy atom. The molecule has 0 radical (unpaired) electrons. The number of nitro groups is 1. The largest absolute Gasteiger partial charge is 0.378 e. The number of anilines is 1. The molecule has 2 rings (SSSR count). The van der Waals surface area contributed by atoms with Gasteiger partial charge in [-0.1, -0.05) is 6.07 Å². The first-order valence-electron chi connectivity index (χ1n) is 6.04. The van der Waals surface area contributed by atoms with Crippen molar-refractivity contribution in [3.8, 4) is 0 Å². The van der Waals surface area contributed by atoms with Crippen LogP contribution < -0.4 is 5.32 Å². The number of rotatable bonds is 4. The van der Waals surface area contributed by atoms with E-state index in [1.807, 2.05) is 6.92 Å². The number of benzene rings is 2. The second kappa shape index (κ2) is 6.53. The number of nitrogens with one attached hydrogen (secondary N) is 1. The van der Waals surface area contributed by atoms with Gasteiger partial charge < -0.3 is 5.32 Å². The molecule has 4 nitrogen and oxygen atoms in total. The molecule has 0 heterocycles. The van der Waals surface area contributed by atoms with Crippen LogP contribution in [0.1, 0.15) is 18.5 Å². The molecule has 0 aliphatic heterocycles. The Bertz CT molecular complexity index is 695. The summed E-state index contributed by atoms with van der Waals surface area (Å²) in [6.45, 7) is 1.92. The predicted molar refractivity (Wildman–Crippen MR) is 86.9 cm³/mol. The normalized spacial score (nSPS) is 12.0. The van der Waals surface area contributed by atoms with Gasteiger partial charge in [0.2, 0.25) is 0 Å². The van der Waals surface area contributed by atoms with E-state index in [1.54, 1.807) is 18.2 Å². The van der Waals surface area contributed by atoms with E-state index in [-0.39, 0.29) is 17.5 Å². The summed E-state index contributed by atoms with van der Waals surface area (Å²) in [5.41, 5.74) is 1.65. The van der Waals surface area contributed by atoms with Crippen molar-refractivity contribution in [2.45, 2.75) is 13.0 Å². The average Bonchev–Trinajstić information content (AvgIpc) is 2.43. The third-order valence-corrected chi connectivity index (χ3v) is 4.24. The summed E-state index contributed by atoms with van der Waals surface area (Å²) >= 11 is 6.46. The summed E-state index contributed by atoms with van der Waals surface area (Å²) < 4.78 is 14.2. The summed E-state index contributed by atoms with van der Waals surface area (Å²) in [4.78, 5) is 10.3. The van der Waals surface area contributed by atoms with Crippen molar-refractivity contribution >= 4 is 43.2 Å².